The van der Waals surface area contributed by atoms with Gasteiger partial charge in [0.2, 0.25) is 20.2 Å². The highest BCUT2D eigenvalue weighted by Gasteiger charge is 2.42. The van der Waals surface area contributed by atoms with Crippen LogP contribution in [0.5, 0.6) is 5.75 Å². The number of benzene rings is 2. The van der Waals surface area contributed by atoms with Crippen molar-refractivity contribution in [1.82, 2.24) is 4.90 Å². The van der Waals surface area contributed by atoms with Crippen LogP contribution in [0, 0.1) is 15.5 Å². The summed E-state index contributed by atoms with van der Waals surface area (Å²) < 4.78 is 34.2. The third kappa shape index (κ3) is 4.61. The van der Waals surface area contributed by atoms with Crippen LogP contribution in [-0.4, -0.2) is 46.1 Å². The van der Waals surface area contributed by atoms with Crippen molar-refractivity contribution in [2.75, 3.05) is 5.75 Å². The minimum atomic E-state index is -3.71. The molecule has 34 heavy (non-hydrogen) atoms. The maximum absolute atomic E-state index is 12.5. The summed E-state index contributed by atoms with van der Waals surface area (Å²) in [6.07, 6.45) is 1.45. The summed E-state index contributed by atoms with van der Waals surface area (Å²) in [7, 11) is -3.71. The third-order valence-electron chi connectivity index (χ3n) is 4.90. The van der Waals surface area contributed by atoms with Crippen molar-refractivity contribution in [3.63, 3.8) is 0 Å². The molecule has 0 aliphatic carbocycles. The van der Waals surface area contributed by atoms with Crippen LogP contribution in [0.15, 0.2) is 63.5 Å². The minimum Gasteiger partial charge on any atom is -0.489 e. The highest BCUT2D eigenvalue weighted by molar-refractivity contribution is 8.16. The zero-order chi connectivity index (χ0) is 24.5. The molecule has 0 atom stereocenters. The van der Waals surface area contributed by atoms with Gasteiger partial charge in [-0.3, -0.25) is 20.3 Å². The van der Waals surface area contributed by atoms with E-state index in [1.165, 1.54) is 25.1 Å². The lowest BCUT2D eigenvalue weighted by atomic mass is 10.1. The fraction of sp³-hybridized carbons (Fsp3) is 0.143. The quantitative estimate of drug-likeness (QED) is 0.275. The summed E-state index contributed by atoms with van der Waals surface area (Å²) in [5.41, 5.74) is 1.27. The minimum absolute atomic E-state index is 0.00127. The molecule has 0 unspecified atom stereocenters. The number of nitrogens with one attached hydrogen (secondary N) is 1. The normalized spacial score (nSPS) is 16.9. The first kappa shape index (κ1) is 23.3. The smallest absolute Gasteiger partial charge is 0.283 e. The Bertz CT molecular complexity index is 1380. The van der Waals surface area contributed by atoms with E-state index in [9.17, 15) is 23.3 Å². The zero-order valence-electron chi connectivity index (χ0n) is 17.7. The van der Waals surface area contributed by atoms with E-state index in [1.807, 2.05) is 0 Å². The molecule has 2 aliphatic rings. The fourth-order valence-electron chi connectivity index (χ4n) is 3.04. The molecule has 2 heterocycles. The van der Waals surface area contributed by atoms with Gasteiger partial charge in [-0.25, -0.2) is 13.3 Å². The lowest BCUT2D eigenvalue weighted by molar-refractivity contribution is -0.384. The van der Waals surface area contributed by atoms with E-state index < -0.39 is 20.7 Å². The van der Waals surface area contributed by atoms with Gasteiger partial charge in [0.25, 0.3) is 11.6 Å². The predicted molar refractivity (Wildman–Crippen MR) is 128 cm³/mol. The van der Waals surface area contributed by atoms with E-state index in [1.54, 1.807) is 36.4 Å². The zero-order valence-corrected chi connectivity index (χ0v) is 19.3. The Hall–Kier alpha value is -3.84. The molecular formula is C21H17N5O6S2. The van der Waals surface area contributed by atoms with Crippen LogP contribution in [-0.2, 0) is 21.2 Å². The van der Waals surface area contributed by atoms with Crippen molar-refractivity contribution in [1.29, 1.82) is 5.41 Å². The molecule has 13 heteroatoms. The van der Waals surface area contributed by atoms with Crippen LogP contribution in [0.4, 0.5) is 5.69 Å². The molecule has 0 saturated heterocycles. The van der Waals surface area contributed by atoms with Gasteiger partial charge in [0.05, 0.1) is 28.2 Å². The van der Waals surface area contributed by atoms with Gasteiger partial charge in [-0.05, 0) is 41.5 Å². The number of non-ortho nitro benzene ring substituents is 1. The number of carbonyl (C=O) groups is 1. The molecule has 0 spiro atoms. The van der Waals surface area contributed by atoms with Crippen LogP contribution in [0.3, 0.4) is 0 Å². The SMILES string of the molecule is CCS(=O)(=O)C1=NSC2=NC(=O)/C(=C\c3ccc(OCc4ccc([N+](=O)[O-])cc4)cc3)C(=N)N21. The fourth-order valence-corrected chi connectivity index (χ4v) is 5.00. The largest absolute Gasteiger partial charge is 0.489 e. The number of aliphatic imine (C=N–C) groups is 1. The van der Waals surface area contributed by atoms with Crippen molar-refractivity contribution in [2.24, 2.45) is 9.39 Å². The lowest BCUT2D eigenvalue weighted by Gasteiger charge is -2.24. The van der Waals surface area contributed by atoms with E-state index >= 15 is 0 Å². The van der Waals surface area contributed by atoms with Crippen molar-refractivity contribution >= 4 is 55.6 Å². The van der Waals surface area contributed by atoms with E-state index in [0.717, 1.165) is 22.4 Å². The van der Waals surface area contributed by atoms with Crippen LogP contribution >= 0.6 is 11.9 Å². The molecule has 11 nitrogen and oxygen atoms in total. The number of hydrogen-bond donors (Lipinski definition) is 1. The van der Waals surface area contributed by atoms with Crippen LogP contribution < -0.4 is 4.74 Å². The molecule has 2 aromatic rings. The number of nitro benzene ring substituents is 1. The Balaban J connectivity index is 1.49. The van der Waals surface area contributed by atoms with E-state index in [0.29, 0.717) is 11.3 Å². The third-order valence-corrected chi connectivity index (χ3v) is 7.30. The van der Waals surface area contributed by atoms with Crippen molar-refractivity contribution in [2.45, 2.75) is 13.5 Å². The average Bonchev–Trinajstić information content (AvgIpc) is 3.26. The van der Waals surface area contributed by atoms with E-state index in [-0.39, 0.29) is 39.8 Å². The summed E-state index contributed by atoms with van der Waals surface area (Å²) in [5.74, 6) is -0.634. The number of hydrogen-bond acceptors (Lipinski definition) is 9. The van der Waals surface area contributed by atoms with Gasteiger partial charge >= 0.3 is 0 Å². The van der Waals surface area contributed by atoms with E-state index in [2.05, 4.69) is 9.39 Å². The topological polar surface area (TPSA) is 155 Å². The Morgan fingerprint density at radius 1 is 1.18 bits per heavy atom. The number of amides is 1. The average molecular weight is 500 g/mol. The van der Waals surface area contributed by atoms with Gasteiger partial charge in [-0.2, -0.15) is 9.39 Å². The molecule has 0 radical (unpaired) electrons. The van der Waals surface area contributed by atoms with Gasteiger partial charge in [0.15, 0.2) is 0 Å². The summed E-state index contributed by atoms with van der Waals surface area (Å²) in [6.45, 7) is 1.68. The van der Waals surface area contributed by atoms with Gasteiger partial charge in [-0.1, -0.05) is 19.1 Å². The first-order chi connectivity index (χ1) is 16.2. The predicted octanol–water partition coefficient (Wildman–Crippen LogP) is 3.19. The number of nitrogens with zero attached hydrogens (tertiary/aromatic N) is 4. The number of carbonyl (C=O) groups excluding carboxylic acids is 1. The van der Waals surface area contributed by atoms with Gasteiger partial charge in [0.1, 0.15) is 18.2 Å². The maximum atomic E-state index is 12.5. The summed E-state index contributed by atoms with van der Waals surface area (Å²) >= 11 is 0.746. The van der Waals surface area contributed by atoms with Crippen molar-refractivity contribution in [3.8, 4) is 5.75 Å². The highest BCUT2D eigenvalue weighted by atomic mass is 32.2. The monoisotopic (exact) mass is 499 g/mol. The number of rotatable bonds is 6. The van der Waals surface area contributed by atoms with Crippen LogP contribution in [0.1, 0.15) is 18.1 Å². The number of ether oxygens (including phenoxy) is 1. The molecular weight excluding hydrogens is 482 g/mol. The molecule has 2 aromatic carbocycles. The lowest BCUT2D eigenvalue weighted by Crippen LogP contribution is -2.45. The van der Waals surface area contributed by atoms with Gasteiger partial charge in [-0.15, -0.1) is 0 Å². The number of sulfone groups is 1. The number of amidine groups is 3. The first-order valence-electron chi connectivity index (χ1n) is 9.87. The molecule has 4 rings (SSSR count). The second-order valence-electron chi connectivity index (χ2n) is 7.09. The Morgan fingerprint density at radius 2 is 1.85 bits per heavy atom. The van der Waals surface area contributed by atoms with Crippen molar-refractivity contribution < 1.29 is 22.9 Å². The molecule has 0 bridgehead atoms. The Kier molecular flexibility index (Phi) is 6.30. The summed E-state index contributed by atoms with van der Waals surface area (Å²) in [5, 5.41) is 18.9. The van der Waals surface area contributed by atoms with Gasteiger partial charge < -0.3 is 4.74 Å². The second-order valence-corrected chi connectivity index (χ2v) is 9.99. The van der Waals surface area contributed by atoms with Crippen LogP contribution in [0.2, 0.25) is 0 Å². The van der Waals surface area contributed by atoms with Gasteiger partial charge in [0, 0.05) is 12.1 Å². The molecule has 174 valence electrons. The van der Waals surface area contributed by atoms with Crippen molar-refractivity contribution in [3.05, 3.63) is 75.3 Å². The number of nitro groups is 1. The van der Waals surface area contributed by atoms with Crippen LogP contribution in [0.25, 0.3) is 6.08 Å². The standard InChI is InChI=1S/C21H17N5O6S2/c1-2-34(30,31)21-24-33-20-23-19(27)17(18(22)25(20)21)11-13-5-9-16(10-6-13)32-12-14-3-7-15(8-4-14)26(28)29/h3-11,22H,2,12H2,1H3/b17-11-,22-18?. The molecule has 0 fully saturated rings. The number of fused-ring (bicyclic) bond motifs is 1. The maximum Gasteiger partial charge on any atom is 0.283 e. The summed E-state index contributed by atoms with van der Waals surface area (Å²) in [4.78, 5) is 27.7. The molecule has 0 saturated carbocycles. The highest BCUT2D eigenvalue weighted by Crippen LogP contribution is 2.30. The first-order valence-corrected chi connectivity index (χ1v) is 12.3. The molecule has 1 N–H and O–H groups in total. The van der Waals surface area contributed by atoms with E-state index in [4.69, 9.17) is 10.1 Å². The molecule has 1 amide bonds. The second kappa shape index (κ2) is 9.19. The molecule has 0 aromatic heterocycles. The Labute approximate surface area is 198 Å². The molecule has 2 aliphatic heterocycles. The Morgan fingerprint density at radius 3 is 2.47 bits per heavy atom. The summed E-state index contributed by atoms with van der Waals surface area (Å²) in [6, 6.07) is 12.7.